The fourth-order valence-corrected chi connectivity index (χ4v) is 1.50. The summed E-state index contributed by atoms with van der Waals surface area (Å²) in [6, 6.07) is 1.92. The lowest BCUT2D eigenvalue weighted by Gasteiger charge is -2.13. The van der Waals surface area contributed by atoms with E-state index in [2.05, 4.69) is 40.1 Å². The van der Waals surface area contributed by atoms with Crippen LogP contribution in [-0.4, -0.2) is 24.7 Å². The van der Waals surface area contributed by atoms with Gasteiger partial charge in [-0.25, -0.2) is 0 Å². The van der Waals surface area contributed by atoms with E-state index in [1.165, 1.54) is 0 Å². The number of hydrogen-bond acceptors (Lipinski definition) is 3. The van der Waals surface area contributed by atoms with Crippen molar-refractivity contribution >= 4 is 15.9 Å². The molecule has 0 radical (unpaired) electrons. The monoisotopic (exact) mass is 272 g/mol. The van der Waals surface area contributed by atoms with Gasteiger partial charge in [0.15, 0.2) is 0 Å². The van der Waals surface area contributed by atoms with E-state index < -0.39 is 0 Å². The molecule has 0 saturated carbocycles. The van der Waals surface area contributed by atoms with E-state index >= 15 is 0 Å². The lowest BCUT2D eigenvalue weighted by molar-refractivity contribution is 0.255. The van der Waals surface area contributed by atoms with Gasteiger partial charge in [0.25, 0.3) is 0 Å². The Kier molecular flexibility index (Phi) is 5.65. The molecule has 0 amide bonds. The molecule has 1 rings (SSSR count). The zero-order chi connectivity index (χ0) is 11.1. The van der Waals surface area contributed by atoms with Gasteiger partial charge in [0.2, 0.25) is 0 Å². The van der Waals surface area contributed by atoms with Crippen LogP contribution in [0.2, 0.25) is 0 Å². The van der Waals surface area contributed by atoms with E-state index in [0.29, 0.717) is 12.5 Å². The number of ether oxygens (including phenoxy) is 1. The smallest absolute Gasteiger partial charge is 0.138 e. The Hall–Kier alpha value is -0.610. The highest BCUT2D eigenvalue weighted by atomic mass is 79.9. The second-order valence-electron chi connectivity index (χ2n) is 3.56. The normalized spacial score (nSPS) is 12.5. The molecule has 3 nitrogen and oxygen atoms in total. The van der Waals surface area contributed by atoms with E-state index in [0.717, 1.165) is 23.3 Å². The Morgan fingerprint density at radius 1 is 1.53 bits per heavy atom. The van der Waals surface area contributed by atoms with E-state index in [4.69, 9.17) is 4.74 Å². The van der Waals surface area contributed by atoms with E-state index in [9.17, 15) is 0 Å². The summed E-state index contributed by atoms with van der Waals surface area (Å²) in [5, 5.41) is 3.29. The van der Waals surface area contributed by atoms with Gasteiger partial charge < -0.3 is 10.1 Å². The van der Waals surface area contributed by atoms with Crippen LogP contribution in [0.4, 0.5) is 0 Å². The van der Waals surface area contributed by atoms with Crippen molar-refractivity contribution in [2.75, 3.05) is 19.7 Å². The number of rotatable bonds is 6. The van der Waals surface area contributed by atoms with Crippen molar-refractivity contribution in [1.82, 2.24) is 10.3 Å². The van der Waals surface area contributed by atoms with Gasteiger partial charge in [-0.05, 0) is 28.5 Å². The quantitative estimate of drug-likeness (QED) is 0.864. The van der Waals surface area contributed by atoms with Crippen molar-refractivity contribution in [3.63, 3.8) is 0 Å². The first-order valence-electron chi connectivity index (χ1n) is 5.16. The highest BCUT2D eigenvalue weighted by Gasteiger charge is 2.02. The molecule has 0 bridgehead atoms. The van der Waals surface area contributed by atoms with Crippen LogP contribution in [0.5, 0.6) is 5.75 Å². The summed E-state index contributed by atoms with van der Waals surface area (Å²) < 4.78 is 6.56. The first-order chi connectivity index (χ1) is 7.22. The molecule has 0 fully saturated rings. The largest absolute Gasteiger partial charge is 0.492 e. The lowest BCUT2D eigenvalue weighted by atomic mass is 10.2. The van der Waals surface area contributed by atoms with Crippen LogP contribution in [0.15, 0.2) is 22.9 Å². The molecule has 0 aromatic carbocycles. The fraction of sp³-hybridized carbons (Fsp3) is 0.545. The number of pyridine rings is 1. The lowest BCUT2D eigenvalue weighted by Crippen LogP contribution is -2.24. The fourth-order valence-electron chi connectivity index (χ4n) is 1.16. The highest BCUT2D eigenvalue weighted by Crippen LogP contribution is 2.16. The Balaban J connectivity index is 2.30. The summed E-state index contributed by atoms with van der Waals surface area (Å²) in [5.74, 6) is 1.32. The second-order valence-corrected chi connectivity index (χ2v) is 4.48. The van der Waals surface area contributed by atoms with Crippen molar-refractivity contribution < 1.29 is 4.74 Å². The van der Waals surface area contributed by atoms with Crippen molar-refractivity contribution in [1.29, 1.82) is 0 Å². The molecule has 0 aliphatic heterocycles. The van der Waals surface area contributed by atoms with Gasteiger partial charge in [-0.2, -0.15) is 0 Å². The van der Waals surface area contributed by atoms with Gasteiger partial charge in [0.05, 0.1) is 12.8 Å². The molecule has 0 aliphatic rings. The van der Waals surface area contributed by atoms with Crippen LogP contribution < -0.4 is 10.1 Å². The Bertz CT molecular complexity index is 294. The molecular formula is C11H17BrN2O. The van der Waals surface area contributed by atoms with Crippen molar-refractivity contribution in [2.45, 2.75) is 13.8 Å². The van der Waals surface area contributed by atoms with Gasteiger partial charge in [-0.15, -0.1) is 0 Å². The van der Waals surface area contributed by atoms with Gasteiger partial charge in [0, 0.05) is 23.1 Å². The molecule has 1 aromatic heterocycles. The topological polar surface area (TPSA) is 34.1 Å². The average molecular weight is 273 g/mol. The number of aromatic nitrogens is 1. The highest BCUT2D eigenvalue weighted by molar-refractivity contribution is 9.10. The molecule has 0 aliphatic carbocycles. The molecule has 84 valence electrons. The van der Waals surface area contributed by atoms with Gasteiger partial charge in [-0.3, -0.25) is 4.98 Å². The van der Waals surface area contributed by atoms with E-state index in [1.807, 2.05) is 6.07 Å². The summed E-state index contributed by atoms with van der Waals surface area (Å²) in [5.41, 5.74) is 0. The van der Waals surface area contributed by atoms with Crippen LogP contribution >= 0.6 is 15.9 Å². The van der Waals surface area contributed by atoms with Gasteiger partial charge in [-0.1, -0.05) is 13.8 Å². The van der Waals surface area contributed by atoms with Crippen molar-refractivity contribution in [2.24, 2.45) is 5.92 Å². The zero-order valence-electron chi connectivity index (χ0n) is 9.16. The molecule has 1 aromatic rings. The Morgan fingerprint density at radius 2 is 2.33 bits per heavy atom. The van der Waals surface area contributed by atoms with Crippen LogP contribution in [0, 0.1) is 5.92 Å². The van der Waals surface area contributed by atoms with Crippen molar-refractivity contribution in [3.8, 4) is 5.75 Å². The second kappa shape index (κ2) is 6.80. The summed E-state index contributed by atoms with van der Waals surface area (Å²) in [6.07, 6.45) is 3.47. The maximum atomic E-state index is 5.61. The molecule has 15 heavy (non-hydrogen) atoms. The minimum absolute atomic E-state index is 0.504. The molecule has 1 atom stereocenters. The maximum Gasteiger partial charge on any atom is 0.138 e. The summed E-state index contributed by atoms with van der Waals surface area (Å²) in [4.78, 5) is 4.04. The molecule has 0 spiro atoms. The number of nitrogens with zero attached hydrogens (tertiary/aromatic N) is 1. The Morgan fingerprint density at radius 3 is 3.00 bits per heavy atom. The standard InChI is InChI=1S/C11H17BrN2O/c1-3-13-5-9(2)8-15-11-4-10(12)6-14-7-11/h4,6-7,9,13H,3,5,8H2,1-2H3. The SMILES string of the molecule is CCNCC(C)COc1cncc(Br)c1. The number of nitrogens with one attached hydrogen (secondary N) is 1. The number of hydrogen-bond donors (Lipinski definition) is 1. The molecule has 0 saturated heterocycles. The third kappa shape index (κ3) is 5.14. The molecule has 4 heteroatoms. The minimum atomic E-state index is 0.504. The molecule has 1 heterocycles. The first kappa shape index (κ1) is 12.5. The third-order valence-electron chi connectivity index (χ3n) is 1.96. The molecule has 1 N–H and O–H groups in total. The minimum Gasteiger partial charge on any atom is -0.492 e. The van der Waals surface area contributed by atoms with Crippen LogP contribution in [0.3, 0.4) is 0 Å². The predicted octanol–water partition coefficient (Wildman–Crippen LogP) is 2.47. The summed E-state index contributed by atoms with van der Waals surface area (Å²) >= 11 is 3.36. The Labute approximate surface area is 99.4 Å². The predicted molar refractivity (Wildman–Crippen MR) is 65.1 cm³/mol. The summed E-state index contributed by atoms with van der Waals surface area (Å²) in [6.45, 7) is 6.96. The van der Waals surface area contributed by atoms with E-state index in [-0.39, 0.29) is 0 Å². The molecular weight excluding hydrogens is 256 g/mol. The van der Waals surface area contributed by atoms with Gasteiger partial charge >= 0.3 is 0 Å². The van der Waals surface area contributed by atoms with Crippen LogP contribution in [0.25, 0.3) is 0 Å². The van der Waals surface area contributed by atoms with Crippen LogP contribution in [-0.2, 0) is 0 Å². The third-order valence-corrected chi connectivity index (χ3v) is 2.39. The summed E-state index contributed by atoms with van der Waals surface area (Å²) in [7, 11) is 0. The van der Waals surface area contributed by atoms with E-state index in [1.54, 1.807) is 12.4 Å². The average Bonchev–Trinajstić information content (AvgIpc) is 2.23. The maximum absolute atomic E-state index is 5.61. The van der Waals surface area contributed by atoms with Crippen molar-refractivity contribution in [3.05, 3.63) is 22.9 Å². The number of halogens is 1. The zero-order valence-corrected chi connectivity index (χ0v) is 10.8. The van der Waals surface area contributed by atoms with Crippen LogP contribution in [0.1, 0.15) is 13.8 Å². The first-order valence-corrected chi connectivity index (χ1v) is 5.95. The molecule has 1 unspecified atom stereocenters. The van der Waals surface area contributed by atoms with Gasteiger partial charge in [0.1, 0.15) is 5.75 Å².